The topological polar surface area (TPSA) is 20.2 Å². The van der Waals surface area contributed by atoms with Crippen molar-refractivity contribution < 1.29 is 13.9 Å². The third kappa shape index (κ3) is 3.21. The maximum atomic E-state index is 13.5. The highest BCUT2D eigenvalue weighted by atomic mass is 32.2. The second-order valence-corrected chi connectivity index (χ2v) is 7.05. The number of rotatable bonds is 2. The Bertz CT molecular complexity index is 743. The Morgan fingerprint density at radius 3 is 2.82 bits per heavy atom. The van der Waals surface area contributed by atoms with Gasteiger partial charge < -0.3 is 5.11 Å². The van der Waals surface area contributed by atoms with Crippen molar-refractivity contribution in [2.24, 2.45) is 0 Å². The molecule has 1 N–H and O–H groups in total. The van der Waals surface area contributed by atoms with E-state index in [2.05, 4.69) is 0 Å². The average molecular weight is 336 g/mol. The van der Waals surface area contributed by atoms with E-state index in [-0.39, 0.29) is 11.6 Å². The number of aliphatic hydroxyl groups is 1. The van der Waals surface area contributed by atoms with Gasteiger partial charge in [0.15, 0.2) is 0 Å². The van der Waals surface area contributed by atoms with Gasteiger partial charge in [0.2, 0.25) is 0 Å². The lowest BCUT2D eigenvalue weighted by Gasteiger charge is -2.23. The maximum Gasteiger partial charge on any atom is 0.127 e. The molecule has 0 fully saturated rings. The molecule has 1 aliphatic rings. The maximum absolute atomic E-state index is 13.5. The van der Waals surface area contributed by atoms with Gasteiger partial charge >= 0.3 is 0 Å². The van der Waals surface area contributed by atoms with E-state index in [4.69, 9.17) is 0 Å². The van der Waals surface area contributed by atoms with Crippen LogP contribution in [0.4, 0.5) is 8.78 Å². The van der Waals surface area contributed by atoms with Gasteiger partial charge in [0.25, 0.3) is 0 Å². The van der Waals surface area contributed by atoms with Crippen LogP contribution in [0.5, 0.6) is 0 Å². The number of aliphatic hydroxyl groups excluding tert-OH is 1. The summed E-state index contributed by atoms with van der Waals surface area (Å²) in [5, 5.41) is 12.2. The summed E-state index contributed by atoms with van der Waals surface area (Å²) >= 11 is 2.93. The monoisotopic (exact) mass is 336 g/mol. The number of thioether (sulfide) groups is 2. The first-order valence-electron chi connectivity index (χ1n) is 6.76. The molecule has 1 atom stereocenters. The van der Waals surface area contributed by atoms with Crippen LogP contribution in [-0.2, 0) is 0 Å². The van der Waals surface area contributed by atoms with Crippen molar-refractivity contribution in [2.75, 3.05) is 5.75 Å². The fraction of sp³-hybridized carbons (Fsp3) is 0.176. The zero-order chi connectivity index (χ0) is 15.7. The van der Waals surface area contributed by atoms with Gasteiger partial charge in [-0.15, -0.1) is 11.8 Å². The van der Waals surface area contributed by atoms with Gasteiger partial charge in [0, 0.05) is 21.1 Å². The molecule has 0 saturated heterocycles. The molecule has 0 amide bonds. The zero-order valence-corrected chi connectivity index (χ0v) is 13.5. The second kappa shape index (κ2) is 6.44. The van der Waals surface area contributed by atoms with Crippen molar-refractivity contribution in [1.82, 2.24) is 0 Å². The number of hydrogen-bond donors (Lipinski definition) is 1. The molecule has 2 aromatic carbocycles. The molecule has 2 aromatic rings. The highest BCUT2D eigenvalue weighted by Gasteiger charge is 2.23. The van der Waals surface area contributed by atoms with Crippen LogP contribution in [0.1, 0.15) is 17.2 Å². The summed E-state index contributed by atoms with van der Waals surface area (Å²) in [7, 11) is 0. The molecule has 0 saturated carbocycles. The molecule has 0 radical (unpaired) electrons. The van der Waals surface area contributed by atoms with E-state index < -0.39 is 6.10 Å². The third-order valence-corrected chi connectivity index (χ3v) is 5.61. The standard InChI is InChI=1S/C17H14F2OS2/c1-10-2-4-13(7-15(10)19)21-8-11-9-22-16-5-3-12(18)6-14(16)17(11)20/h2-8,17,20H,9H2,1H3. The van der Waals surface area contributed by atoms with E-state index in [0.717, 1.165) is 15.4 Å². The van der Waals surface area contributed by atoms with E-state index in [9.17, 15) is 13.9 Å². The van der Waals surface area contributed by atoms with Gasteiger partial charge in [-0.2, -0.15) is 0 Å². The fourth-order valence-corrected chi connectivity index (χ4v) is 4.18. The molecule has 5 heteroatoms. The van der Waals surface area contributed by atoms with Gasteiger partial charge in [0.05, 0.1) is 0 Å². The Labute approximate surface area is 136 Å². The highest BCUT2D eigenvalue weighted by molar-refractivity contribution is 8.02. The van der Waals surface area contributed by atoms with Crippen molar-refractivity contribution in [3.63, 3.8) is 0 Å². The van der Waals surface area contributed by atoms with Crippen LogP contribution in [0, 0.1) is 18.6 Å². The van der Waals surface area contributed by atoms with E-state index in [0.29, 0.717) is 16.9 Å². The van der Waals surface area contributed by atoms with Gasteiger partial charge in [-0.1, -0.05) is 17.8 Å². The second-order valence-electron chi connectivity index (χ2n) is 5.09. The zero-order valence-electron chi connectivity index (χ0n) is 11.8. The van der Waals surface area contributed by atoms with Gasteiger partial charge in [-0.3, -0.25) is 0 Å². The molecule has 0 aliphatic carbocycles. The number of benzene rings is 2. The van der Waals surface area contributed by atoms with Crippen LogP contribution in [0.15, 0.2) is 57.2 Å². The predicted molar refractivity (Wildman–Crippen MR) is 87.2 cm³/mol. The first-order valence-corrected chi connectivity index (χ1v) is 8.63. The van der Waals surface area contributed by atoms with E-state index in [1.54, 1.807) is 30.8 Å². The first-order chi connectivity index (χ1) is 10.5. The minimum Gasteiger partial charge on any atom is -0.384 e. The Hall–Kier alpha value is -1.30. The summed E-state index contributed by atoms with van der Waals surface area (Å²) in [6.45, 7) is 1.72. The quantitative estimate of drug-likeness (QED) is 0.772. The Morgan fingerprint density at radius 2 is 2.05 bits per heavy atom. The van der Waals surface area contributed by atoms with Crippen LogP contribution in [0.2, 0.25) is 0 Å². The normalized spacial score (nSPS) is 19.3. The summed E-state index contributed by atoms with van der Waals surface area (Å²) in [5.41, 5.74) is 2.00. The van der Waals surface area contributed by atoms with E-state index >= 15 is 0 Å². The first kappa shape index (κ1) is 15.6. The lowest BCUT2D eigenvalue weighted by molar-refractivity contribution is 0.212. The molecule has 1 heterocycles. The van der Waals surface area contributed by atoms with Gasteiger partial charge in [-0.25, -0.2) is 8.78 Å². The fourth-order valence-electron chi connectivity index (χ4n) is 2.19. The summed E-state index contributed by atoms with van der Waals surface area (Å²) in [4.78, 5) is 1.68. The summed E-state index contributed by atoms with van der Waals surface area (Å²) in [5.74, 6) is 0.0449. The van der Waals surface area contributed by atoms with Crippen molar-refractivity contribution >= 4 is 23.5 Å². The minimum absolute atomic E-state index is 0.241. The molecule has 114 valence electrons. The molecule has 1 unspecified atom stereocenters. The van der Waals surface area contributed by atoms with Crippen LogP contribution in [0.25, 0.3) is 0 Å². The lowest BCUT2D eigenvalue weighted by atomic mass is 10.0. The smallest absolute Gasteiger partial charge is 0.127 e. The largest absolute Gasteiger partial charge is 0.384 e. The van der Waals surface area contributed by atoms with E-state index in [1.807, 2.05) is 11.5 Å². The minimum atomic E-state index is -0.810. The SMILES string of the molecule is Cc1ccc(SC=C2CSc3ccc(F)cc3C2O)cc1F. The van der Waals surface area contributed by atoms with Crippen molar-refractivity contribution in [3.05, 3.63) is 70.1 Å². The van der Waals surface area contributed by atoms with Crippen molar-refractivity contribution in [3.8, 4) is 0 Å². The number of aryl methyl sites for hydroxylation is 1. The highest BCUT2D eigenvalue weighted by Crippen LogP contribution is 2.41. The average Bonchev–Trinajstić information content (AvgIpc) is 2.50. The van der Waals surface area contributed by atoms with Crippen LogP contribution < -0.4 is 0 Å². The Morgan fingerprint density at radius 1 is 1.23 bits per heavy atom. The molecule has 1 aliphatic heterocycles. The molecular formula is C17H14F2OS2. The number of hydrogen-bond acceptors (Lipinski definition) is 3. The summed E-state index contributed by atoms with van der Waals surface area (Å²) < 4.78 is 26.9. The molecule has 0 aromatic heterocycles. The number of fused-ring (bicyclic) bond motifs is 1. The van der Waals surface area contributed by atoms with Crippen LogP contribution in [-0.4, -0.2) is 10.9 Å². The molecule has 1 nitrogen and oxygen atoms in total. The van der Waals surface area contributed by atoms with Crippen LogP contribution in [0.3, 0.4) is 0 Å². The summed E-state index contributed by atoms with van der Waals surface area (Å²) in [6, 6.07) is 9.52. The number of halogens is 2. The predicted octanol–water partition coefficient (Wildman–Crippen LogP) is 5.09. The molecule has 0 bridgehead atoms. The Kier molecular flexibility index (Phi) is 4.57. The van der Waals surface area contributed by atoms with Crippen molar-refractivity contribution in [1.29, 1.82) is 0 Å². The molecule has 22 heavy (non-hydrogen) atoms. The van der Waals surface area contributed by atoms with E-state index in [1.165, 1.54) is 30.0 Å². The van der Waals surface area contributed by atoms with Gasteiger partial charge in [-0.05, 0) is 53.8 Å². The lowest BCUT2D eigenvalue weighted by Crippen LogP contribution is -2.10. The molecule has 3 rings (SSSR count). The summed E-state index contributed by atoms with van der Waals surface area (Å²) in [6.07, 6.45) is -0.810. The molecular weight excluding hydrogens is 322 g/mol. The van der Waals surface area contributed by atoms with Crippen molar-refractivity contribution in [2.45, 2.75) is 22.8 Å². The van der Waals surface area contributed by atoms with Crippen LogP contribution >= 0.6 is 23.5 Å². The molecule has 0 spiro atoms. The third-order valence-electron chi connectivity index (χ3n) is 3.50. The van der Waals surface area contributed by atoms with Gasteiger partial charge in [0.1, 0.15) is 17.7 Å². The Balaban J connectivity index is 1.82.